The van der Waals surface area contributed by atoms with Gasteiger partial charge in [0.1, 0.15) is 0 Å². The first-order valence-corrected chi connectivity index (χ1v) is 3.26. The maximum atomic E-state index is 10.9. The number of H-pyrrole nitrogens is 1. The highest BCUT2D eigenvalue weighted by Crippen LogP contribution is 2.01. The lowest BCUT2D eigenvalue weighted by atomic mass is 10.5. The minimum Gasteiger partial charge on any atom is -0.493 e. The van der Waals surface area contributed by atoms with Gasteiger partial charge in [-0.25, -0.2) is 4.98 Å². The molecule has 1 heterocycles. The first kappa shape index (κ1) is 7.59. The van der Waals surface area contributed by atoms with E-state index in [0.717, 1.165) is 0 Å². The zero-order valence-electron chi connectivity index (χ0n) is 6.09. The normalized spacial score (nSPS) is 9.55. The molecule has 1 aromatic rings. The van der Waals surface area contributed by atoms with Crippen LogP contribution in [-0.4, -0.2) is 27.5 Å². The lowest BCUT2D eigenvalue weighted by Crippen LogP contribution is -2.23. The molecule has 0 aliphatic carbocycles. The summed E-state index contributed by atoms with van der Waals surface area (Å²) in [6.45, 7) is 2.35. The van der Waals surface area contributed by atoms with Gasteiger partial charge in [0.25, 0.3) is 5.91 Å². The molecule has 11 heavy (non-hydrogen) atoms. The van der Waals surface area contributed by atoms with E-state index in [4.69, 9.17) is 5.11 Å². The van der Waals surface area contributed by atoms with Gasteiger partial charge in [-0.15, -0.1) is 0 Å². The summed E-state index contributed by atoms with van der Waals surface area (Å²) in [7, 11) is 0. The molecule has 0 spiro atoms. The van der Waals surface area contributed by atoms with Gasteiger partial charge in [-0.05, 0) is 6.92 Å². The molecule has 5 nitrogen and oxygen atoms in total. The summed E-state index contributed by atoms with van der Waals surface area (Å²) in [5, 5.41) is 11.3. The number of hydrogen-bond acceptors (Lipinski definition) is 3. The van der Waals surface area contributed by atoms with Gasteiger partial charge in [0, 0.05) is 6.54 Å². The molecule has 0 saturated carbocycles. The second-order valence-corrected chi connectivity index (χ2v) is 1.98. The number of aromatic nitrogens is 2. The van der Waals surface area contributed by atoms with Gasteiger partial charge in [0.15, 0.2) is 5.82 Å². The van der Waals surface area contributed by atoms with E-state index in [2.05, 4.69) is 15.3 Å². The third-order valence-electron chi connectivity index (χ3n) is 1.11. The number of imidazole rings is 1. The smallest absolute Gasteiger partial charge is 0.287 e. The molecule has 5 heteroatoms. The van der Waals surface area contributed by atoms with Crippen LogP contribution in [0.3, 0.4) is 0 Å². The Morgan fingerprint density at radius 1 is 1.91 bits per heavy atom. The fourth-order valence-electron chi connectivity index (χ4n) is 0.671. The van der Waals surface area contributed by atoms with E-state index < -0.39 is 0 Å². The molecule has 0 aliphatic rings. The number of hydrogen-bond donors (Lipinski definition) is 3. The molecule has 0 aromatic carbocycles. The van der Waals surface area contributed by atoms with E-state index in [1.165, 1.54) is 6.20 Å². The molecule has 0 atom stereocenters. The van der Waals surface area contributed by atoms with Crippen molar-refractivity contribution in [3.05, 3.63) is 12.0 Å². The van der Waals surface area contributed by atoms with Crippen LogP contribution in [-0.2, 0) is 0 Å². The van der Waals surface area contributed by atoms with Crippen molar-refractivity contribution >= 4 is 5.91 Å². The number of carbonyl (C=O) groups is 1. The van der Waals surface area contributed by atoms with Crippen LogP contribution in [0.15, 0.2) is 6.20 Å². The molecule has 0 saturated heterocycles. The molecule has 1 aromatic heterocycles. The average Bonchev–Trinajstić information content (AvgIpc) is 2.36. The van der Waals surface area contributed by atoms with E-state index in [1.807, 2.05) is 0 Å². The lowest BCUT2D eigenvalue weighted by molar-refractivity contribution is 0.0946. The highest BCUT2D eigenvalue weighted by Gasteiger charge is 2.06. The second-order valence-electron chi connectivity index (χ2n) is 1.98. The summed E-state index contributed by atoms with van der Waals surface area (Å²) < 4.78 is 0. The molecule has 1 rings (SSSR count). The maximum Gasteiger partial charge on any atom is 0.287 e. The van der Waals surface area contributed by atoms with Crippen molar-refractivity contribution < 1.29 is 9.90 Å². The largest absolute Gasteiger partial charge is 0.493 e. The van der Waals surface area contributed by atoms with Gasteiger partial charge in [-0.1, -0.05) is 0 Å². The molecule has 0 bridgehead atoms. The van der Waals surface area contributed by atoms with Crippen LogP contribution < -0.4 is 5.32 Å². The predicted octanol–water partition coefficient (Wildman–Crippen LogP) is -0.135. The molecule has 0 fully saturated rings. The Hall–Kier alpha value is -1.52. The number of aromatic amines is 1. The summed E-state index contributed by atoms with van der Waals surface area (Å²) in [6.07, 6.45) is 1.19. The molecule has 1 amide bonds. The molecular weight excluding hydrogens is 146 g/mol. The van der Waals surface area contributed by atoms with Crippen molar-refractivity contribution in [3.8, 4) is 5.88 Å². The van der Waals surface area contributed by atoms with Gasteiger partial charge in [-0.3, -0.25) is 4.79 Å². The number of amides is 1. The van der Waals surface area contributed by atoms with Crippen molar-refractivity contribution in [2.45, 2.75) is 6.92 Å². The Bertz CT molecular complexity index is 256. The van der Waals surface area contributed by atoms with Crippen LogP contribution in [0.25, 0.3) is 0 Å². The quantitative estimate of drug-likeness (QED) is 0.556. The van der Waals surface area contributed by atoms with E-state index in [1.54, 1.807) is 6.92 Å². The molecule has 0 unspecified atom stereocenters. The van der Waals surface area contributed by atoms with E-state index in [0.29, 0.717) is 6.54 Å². The first-order valence-electron chi connectivity index (χ1n) is 3.26. The van der Waals surface area contributed by atoms with Crippen LogP contribution in [0.1, 0.15) is 17.5 Å². The number of carbonyl (C=O) groups excluding carboxylic acids is 1. The minimum absolute atomic E-state index is 0.105. The summed E-state index contributed by atoms with van der Waals surface area (Å²) in [4.78, 5) is 17.0. The van der Waals surface area contributed by atoms with Crippen LogP contribution in [0.2, 0.25) is 0 Å². The molecular formula is C6H9N3O2. The number of aromatic hydroxyl groups is 1. The fourth-order valence-corrected chi connectivity index (χ4v) is 0.671. The van der Waals surface area contributed by atoms with Crippen LogP contribution in [0, 0.1) is 0 Å². The van der Waals surface area contributed by atoms with Crippen LogP contribution in [0.5, 0.6) is 5.88 Å². The van der Waals surface area contributed by atoms with Gasteiger partial charge in [0.05, 0.1) is 6.20 Å². The SMILES string of the molecule is CCNC(=O)c1ncc(O)[nH]1. The minimum atomic E-state index is -0.312. The van der Waals surface area contributed by atoms with Crippen molar-refractivity contribution in [1.29, 1.82) is 0 Å². The Morgan fingerprint density at radius 3 is 3.09 bits per heavy atom. The van der Waals surface area contributed by atoms with Crippen LogP contribution in [0.4, 0.5) is 0 Å². The Kier molecular flexibility index (Phi) is 2.10. The molecule has 60 valence electrons. The third-order valence-corrected chi connectivity index (χ3v) is 1.11. The summed E-state index contributed by atoms with van der Waals surface area (Å²) in [6, 6.07) is 0. The van der Waals surface area contributed by atoms with Crippen LogP contribution >= 0.6 is 0 Å². The zero-order valence-corrected chi connectivity index (χ0v) is 6.09. The summed E-state index contributed by atoms with van der Waals surface area (Å²) in [5.74, 6) is -0.289. The van der Waals surface area contributed by atoms with E-state index in [9.17, 15) is 4.79 Å². The van der Waals surface area contributed by atoms with Gasteiger partial charge >= 0.3 is 0 Å². The highest BCUT2D eigenvalue weighted by atomic mass is 16.3. The molecule has 0 aliphatic heterocycles. The fraction of sp³-hybridized carbons (Fsp3) is 0.333. The Balaban J connectivity index is 2.69. The van der Waals surface area contributed by atoms with Gasteiger partial charge < -0.3 is 15.4 Å². The second kappa shape index (κ2) is 3.05. The van der Waals surface area contributed by atoms with Crippen molar-refractivity contribution in [3.63, 3.8) is 0 Å². The average molecular weight is 155 g/mol. The molecule has 3 N–H and O–H groups in total. The summed E-state index contributed by atoms with van der Waals surface area (Å²) in [5.41, 5.74) is 0. The van der Waals surface area contributed by atoms with Crippen molar-refractivity contribution in [2.75, 3.05) is 6.54 Å². The molecule has 0 radical (unpaired) electrons. The number of nitrogens with zero attached hydrogens (tertiary/aromatic N) is 1. The number of rotatable bonds is 2. The Labute approximate surface area is 63.5 Å². The number of nitrogens with one attached hydrogen (secondary N) is 2. The highest BCUT2D eigenvalue weighted by molar-refractivity contribution is 5.90. The van der Waals surface area contributed by atoms with E-state index >= 15 is 0 Å². The van der Waals surface area contributed by atoms with Gasteiger partial charge in [-0.2, -0.15) is 0 Å². The first-order chi connectivity index (χ1) is 5.24. The standard InChI is InChI=1S/C6H9N3O2/c1-2-7-6(11)5-8-3-4(10)9-5/h3,10H,2H2,1H3,(H,7,11)(H,8,9). The maximum absolute atomic E-state index is 10.9. The third kappa shape index (κ3) is 1.70. The lowest BCUT2D eigenvalue weighted by Gasteiger charge is -1.95. The van der Waals surface area contributed by atoms with Crippen molar-refractivity contribution in [1.82, 2.24) is 15.3 Å². The van der Waals surface area contributed by atoms with Crippen molar-refractivity contribution in [2.24, 2.45) is 0 Å². The van der Waals surface area contributed by atoms with Gasteiger partial charge in [0.2, 0.25) is 5.88 Å². The topological polar surface area (TPSA) is 78.0 Å². The summed E-state index contributed by atoms with van der Waals surface area (Å²) >= 11 is 0. The zero-order chi connectivity index (χ0) is 8.27. The predicted molar refractivity (Wildman–Crippen MR) is 38.3 cm³/mol. The monoisotopic (exact) mass is 155 g/mol. The Morgan fingerprint density at radius 2 is 2.64 bits per heavy atom. The van der Waals surface area contributed by atoms with E-state index in [-0.39, 0.29) is 17.6 Å².